The van der Waals surface area contributed by atoms with Crippen LogP contribution in [0.5, 0.6) is 0 Å². The average Bonchev–Trinajstić information content (AvgIpc) is 3.31. The molecule has 0 heterocycles. The summed E-state index contributed by atoms with van der Waals surface area (Å²) >= 11 is 0. The zero-order chi connectivity index (χ0) is 51.3. The number of rotatable bonds is 40. The van der Waals surface area contributed by atoms with Gasteiger partial charge >= 0.3 is 0 Å². The molecule has 1 fully saturated rings. The van der Waals surface area contributed by atoms with Crippen molar-refractivity contribution in [2.24, 2.45) is 5.92 Å². The van der Waals surface area contributed by atoms with Crippen molar-refractivity contribution in [3.05, 3.63) is 0 Å². The molecule has 0 radical (unpaired) electrons. The normalized spacial score (nSPS) is 11.4. The molecule has 0 saturated heterocycles. The largest absolute Gasteiger partial charge is 0.303 e. The van der Waals surface area contributed by atoms with Gasteiger partial charge in [0.05, 0.1) is 0 Å². The molecule has 0 aromatic rings. The molecule has 1 aliphatic rings. The van der Waals surface area contributed by atoms with Crippen LogP contribution in [0.3, 0.4) is 0 Å². The highest BCUT2D eigenvalue weighted by atomic mass is 16.1. The van der Waals surface area contributed by atoms with Crippen LogP contribution in [0.25, 0.3) is 0 Å². The third kappa shape index (κ3) is 77.2. The molecule has 10 nitrogen and oxygen atoms in total. The van der Waals surface area contributed by atoms with E-state index in [1.807, 2.05) is 0 Å². The van der Waals surface area contributed by atoms with Gasteiger partial charge in [-0.1, -0.05) is 138 Å². The van der Waals surface area contributed by atoms with E-state index in [1.54, 1.807) is 0 Å². The first-order valence-electron chi connectivity index (χ1n) is 27.2. The minimum atomic E-state index is 0.310. The maximum Gasteiger partial charge on any atom is 0.132 e. The number of hydrogen-bond acceptors (Lipinski definition) is 10. The Morgan fingerprint density at radius 1 is 0.299 bits per heavy atom. The molecule has 10 heteroatoms. The lowest BCUT2D eigenvalue weighted by Gasteiger charge is -2.15. The van der Waals surface area contributed by atoms with E-state index < -0.39 is 0 Å². The highest BCUT2D eigenvalue weighted by Crippen LogP contribution is 2.22. The van der Waals surface area contributed by atoms with Crippen LogP contribution < -0.4 is 0 Å². The van der Waals surface area contributed by atoms with Crippen molar-refractivity contribution in [2.45, 2.75) is 298 Å². The van der Waals surface area contributed by atoms with Gasteiger partial charge in [-0.2, -0.15) is 0 Å². The van der Waals surface area contributed by atoms with Crippen molar-refractivity contribution in [1.29, 1.82) is 0 Å². The number of carbonyl (C=O) groups excluding carboxylic acids is 10. The van der Waals surface area contributed by atoms with Crippen molar-refractivity contribution < 1.29 is 47.9 Å². The minimum absolute atomic E-state index is 0.310. The van der Waals surface area contributed by atoms with E-state index in [2.05, 4.69) is 41.5 Å². The van der Waals surface area contributed by atoms with Crippen LogP contribution in [0, 0.1) is 5.92 Å². The average molecular weight is 949 g/mol. The second-order valence-corrected chi connectivity index (χ2v) is 18.0. The van der Waals surface area contributed by atoms with E-state index in [9.17, 15) is 47.9 Å². The van der Waals surface area contributed by atoms with Gasteiger partial charge in [-0.25, -0.2) is 0 Å². The molecule has 0 bridgehead atoms. The smallest absolute Gasteiger partial charge is 0.132 e. The lowest BCUT2D eigenvalue weighted by molar-refractivity contribution is -0.120. The number of ketones is 5. The van der Waals surface area contributed by atoms with Crippen molar-refractivity contribution >= 4 is 60.3 Å². The summed E-state index contributed by atoms with van der Waals surface area (Å²) in [5.74, 6) is 2.59. The third-order valence-electron chi connectivity index (χ3n) is 11.1. The molecule has 392 valence electrons. The van der Waals surface area contributed by atoms with E-state index in [1.165, 1.54) is 32.1 Å². The lowest BCUT2D eigenvalue weighted by Crippen LogP contribution is -1.99. The van der Waals surface area contributed by atoms with E-state index in [-0.39, 0.29) is 0 Å². The minimum Gasteiger partial charge on any atom is -0.303 e. The number of hydrogen-bond donors (Lipinski definition) is 0. The van der Waals surface area contributed by atoms with Crippen LogP contribution in [-0.2, 0) is 47.9 Å². The van der Waals surface area contributed by atoms with Crippen molar-refractivity contribution in [3.8, 4) is 0 Å². The van der Waals surface area contributed by atoms with Gasteiger partial charge in [0.15, 0.2) is 0 Å². The first-order chi connectivity index (χ1) is 32.4. The fraction of sp³-hybridized carbons (Fsp3) is 0.825. The quantitative estimate of drug-likeness (QED) is 0.0425. The molecule has 0 aliphatic heterocycles. The van der Waals surface area contributed by atoms with Crippen LogP contribution >= 0.6 is 0 Å². The van der Waals surface area contributed by atoms with E-state index in [0.717, 1.165) is 166 Å². The lowest BCUT2D eigenvalue weighted by atomic mass is 9.91. The molecule has 0 atom stereocenters. The summed E-state index contributed by atoms with van der Waals surface area (Å²) in [4.78, 5) is 105. The number of aldehydes is 5. The van der Waals surface area contributed by atoms with Crippen molar-refractivity contribution in [1.82, 2.24) is 0 Å². The molecule has 0 aromatic heterocycles. The molecule has 0 aromatic carbocycles. The van der Waals surface area contributed by atoms with E-state index in [4.69, 9.17) is 0 Å². The van der Waals surface area contributed by atoms with E-state index in [0.29, 0.717) is 125 Å². The molecule has 1 aliphatic carbocycles. The summed E-state index contributed by atoms with van der Waals surface area (Å²) in [6.07, 6.45) is 41.0. The Labute approximate surface area is 411 Å². The van der Waals surface area contributed by atoms with Gasteiger partial charge in [0.2, 0.25) is 0 Å². The number of unbranched alkanes of at least 4 members (excludes halogenated alkanes) is 15. The summed E-state index contributed by atoms with van der Waals surface area (Å²) in [7, 11) is 0. The maximum absolute atomic E-state index is 11.1. The van der Waals surface area contributed by atoms with Crippen LogP contribution in [0.15, 0.2) is 0 Å². The standard InChI is InChI=1S/5C10H18O2.C7H14/c5*1-2-3-4-7-10(12)8-5-6-9-11;1-7-5-3-2-4-6-7/h5*9H,2-8H2,1H3;7H,2-6H2,1H3. The molecule has 0 amide bonds. The van der Waals surface area contributed by atoms with Crippen LogP contribution in [0.2, 0.25) is 0 Å². The monoisotopic (exact) mass is 949 g/mol. The predicted molar refractivity (Wildman–Crippen MR) is 278 cm³/mol. The SMILES string of the molecule is CC1CCCCC1.CCCCCC(=O)CCCC=O.CCCCCC(=O)CCCC=O.CCCCCC(=O)CCCC=O.CCCCCC(=O)CCCC=O.CCCCCC(=O)CCCC=O. The van der Waals surface area contributed by atoms with Crippen molar-refractivity contribution in [3.63, 3.8) is 0 Å². The Bertz CT molecular complexity index is 956. The molecule has 0 unspecified atom stereocenters. The highest BCUT2D eigenvalue weighted by molar-refractivity contribution is 5.80. The summed E-state index contributed by atoms with van der Waals surface area (Å²) in [6.45, 7) is 13.0. The van der Waals surface area contributed by atoms with Crippen LogP contribution in [0.1, 0.15) is 298 Å². The first kappa shape index (κ1) is 72.7. The van der Waals surface area contributed by atoms with Crippen LogP contribution in [-0.4, -0.2) is 60.3 Å². The molecule has 1 rings (SSSR count). The van der Waals surface area contributed by atoms with Gasteiger partial charge in [-0.3, -0.25) is 24.0 Å². The summed E-state index contributed by atoms with van der Waals surface area (Å²) < 4.78 is 0. The first-order valence-corrected chi connectivity index (χ1v) is 27.2. The Hall–Kier alpha value is -3.30. The van der Waals surface area contributed by atoms with Gasteiger partial charge in [0.1, 0.15) is 60.3 Å². The number of Topliss-reactive ketones (excluding diaryl/α,β-unsaturated/α-hetero) is 5. The second-order valence-electron chi connectivity index (χ2n) is 18.0. The Kier molecular flexibility index (Phi) is 72.6. The van der Waals surface area contributed by atoms with Gasteiger partial charge in [-0.15, -0.1) is 0 Å². The molecule has 0 N–H and O–H groups in total. The topological polar surface area (TPSA) is 171 Å². The molecule has 67 heavy (non-hydrogen) atoms. The molecular formula is C57H104O10. The zero-order valence-corrected chi connectivity index (χ0v) is 44.3. The molecule has 0 spiro atoms. The maximum atomic E-state index is 11.1. The second kappa shape index (κ2) is 67.0. The Balaban J connectivity index is -0.000000231. The fourth-order valence-corrected chi connectivity index (χ4v) is 6.71. The zero-order valence-electron chi connectivity index (χ0n) is 44.3. The molecular weight excluding hydrogens is 845 g/mol. The van der Waals surface area contributed by atoms with Gasteiger partial charge in [0.25, 0.3) is 0 Å². The Morgan fingerprint density at radius 3 is 0.612 bits per heavy atom. The summed E-state index contributed by atoms with van der Waals surface area (Å²) in [6, 6.07) is 0. The Morgan fingerprint density at radius 2 is 0.478 bits per heavy atom. The molecule has 1 saturated carbocycles. The van der Waals surface area contributed by atoms with Gasteiger partial charge in [-0.05, 0) is 70.1 Å². The van der Waals surface area contributed by atoms with E-state index >= 15 is 0 Å². The van der Waals surface area contributed by atoms with Crippen LogP contribution in [0.4, 0.5) is 0 Å². The summed E-state index contributed by atoms with van der Waals surface area (Å²) in [5.41, 5.74) is 0. The predicted octanol–water partition coefficient (Wildman–Crippen LogP) is 15.1. The van der Waals surface area contributed by atoms with Gasteiger partial charge in [0, 0.05) is 96.3 Å². The third-order valence-corrected chi connectivity index (χ3v) is 11.1. The van der Waals surface area contributed by atoms with Crippen molar-refractivity contribution in [2.75, 3.05) is 0 Å². The van der Waals surface area contributed by atoms with Gasteiger partial charge < -0.3 is 24.0 Å². The highest BCUT2D eigenvalue weighted by Gasteiger charge is 2.06. The summed E-state index contributed by atoms with van der Waals surface area (Å²) in [5, 5.41) is 0. The fourth-order valence-electron chi connectivity index (χ4n) is 6.71. The number of carbonyl (C=O) groups is 10.